The monoisotopic (exact) mass is 478 g/mol. The van der Waals surface area contributed by atoms with Crippen LogP contribution in [-0.4, -0.2) is 47.8 Å². The Hall–Kier alpha value is -3.89. The zero-order valence-electron chi connectivity index (χ0n) is 20.6. The Kier molecular flexibility index (Phi) is 6.04. The second-order valence-electron chi connectivity index (χ2n) is 9.77. The zero-order chi connectivity index (χ0) is 24.5. The Bertz CT molecular complexity index is 1430. The van der Waals surface area contributed by atoms with Gasteiger partial charge in [0.15, 0.2) is 5.69 Å². The number of pyridine rings is 1. The molecule has 6 rings (SSSR count). The fraction of sp³-hybridized carbons (Fsp3) is 0.345. The van der Waals surface area contributed by atoms with Crippen molar-refractivity contribution in [1.29, 1.82) is 0 Å². The average Bonchev–Trinajstić information content (AvgIpc) is 3.13. The third-order valence-electron chi connectivity index (χ3n) is 7.43. The quantitative estimate of drug-likeness (QED) is 0.391. The molecule has 2 aromatic heterocycles. The molecule has 36 heavy (non-hydrogen) atoms. The fourth-order valence-corrected chi connectivity index (χ4v) is 5.42. The highest BCUT2D eigenvalue weighted by atomic mass is 16.5. The summed E-state index contributed by atoms with van der Waals surface area (Å²) < 4.78 is 8.26. The lowest BCUT2D eigenvalue weighted by Gasteiger charge is -2.28. The van der Waals surface area contributed by atoms with Crippen LogP contribution in [0.3, 0.4) is 0 Å². The van der Waals surface area contributed by atoms with Crippen LogP contribution in [0.1, 0.15) is 19.3 Å². The van der Waals surface area contributed by atoms with Crippen molar-refractivity contribution in [1.82, 2.24) is 19.9 Å². The van der Waals surface area contributed by atoms with Gasteiger partial charge < -0.3 is 19.5 Å². The number of likely N-dealkylation sites (N-methyl/N-ethyl adjacent to an activating group) is 1. The van der Waals surface area contributed by atoms with E-state index in [1.54, 1.807) is 0 Å². The van der Waals surface area contributed by atoms with E-state index in [0.717, 1.165) is 71.0 Å². The molecular formula is C29H30N6O. The van der Waals surface area contributed by atoms with E-state index in [9.17, 15) is 0 Å². The van der Waals surface area contributed by atoms with Crippen LogP contribution in [0.15, 0.2) is 55.0 Å². The van der Waals surface area contributed by atoms with Crippen LogP contribution in [-0.2, 0) is 6.54 Å². The molecule has 1 saturated heterocycles. The van der Waals surface area contributed by atoms with Crippen molar-refractivity contribution in [2.24, 2.45) is 5.92 Å². The highest BCUT2D eigenvalue weighted by molar-refractivity contribution is 5.99. The minimum atomic E-state index is 0.623. The smallest absolute Gasteiger partial charge is 0.187 e. The topological polar surface area (TPSA) is 59.6 Å². The first-order chi connectivity index (χ1) is 17.7. The maximum atomic E-state index is 7.35. The Balaban J connectivity index is 1.47. The van der Waals surface area contributed by atoms with Gasteiger partial charge in [-0.15, -0.1) is 0 Å². The Labute approximate surface area is 211 Å². The number of benzene rings is 2. The first-order valence-corrected chi connectivity index (χ1v) is 12.7. The predicted octanol–water partition coefficient (Wildman–Crippen LogP) is 5.53. The van der Waals surface area contributed by atoms with Gasteiger partial charge >= 0.3 is 0 Å². The standard InChI is InChI=1S/C29H30N6O/c1-30-23-8-5-21(6-9-23)27-28(22-7-10-24-26(16-22)36-15-14-34(24)2)32-17-25-29(27)33-19-35(25)18-20-4-3-12-31-13-11-20/h5-10,16-17,19-20,31H,3-4,11-15,18H2,2H3. The Morgan fingerprint density at radius 2 is 1.94 bits per heavy atom. The molecule has 0 spiro atoms. The highest BCUT2D eigenvalue weighted by Gasteiger charge is 2.21. The summed E-state index contributed by atoms with van der Waals surface area (Å²) in [6.07, 6.45) is 7.56. The van der Waals surface area contributed by atoms with Crippen molar-refractivity contribution < 1.29 is 4.74 Å². The molecule has 1 unspecified atom stereocenters. The summed E-state index contributed by atoms with van der Waals surface area (Å²) in [5.41, 5.74) is 7.59. The first-order valence-electron chi connectivity index (χ1n) is 12.7. The summed E-state index contributed by atoms with van der Waals surface area (Å²) in [6.45, 7) is 12.0. The fourth-order valence-electron chi connectivity index (χ4n) is 5.42. The van der Waals surface area contributed by atoms with E-state index < -0.39 is 0 Å². The van der Waals surface area contributed by atoms with Gasteiger partial charge in [0.25, 0.3) is 0 Å². The van der Waals surface area contributed by atoms with E-state index in [2.05, 4.69) is 44.9 Å². The zero-order valence-corrected chi connectivity index (χ0v) is 20.6. The number of fused-ring (bicyclic) bond motifs is 2. The van der Waals surface area contributed by atoms with Gasteiger partial charge in [-0.25, -0.2) is 9.83 Å². The highest BCUT2D eigenvalue weighted by Crippen LogP contribution is 2.40. The molecule has 7 nitrogen and oxygen atoms in total. The molecule has 182 valence electrons. The van der Waals surface area contributed by atoms with E-state index >= 15 is 0 Å². The molecule has 7 heteroatoms. The number of aromatic nitrogens is 3. The van der Waals surface area contributed by atoms with Crippen LogP contribution in [0.2, 0.25) is 0 Å². The second-order valence-corrected chi connectivity index (χ2v) is 9.77. The molecular weight excluding hydrogens is 448 g/mol. The molecule has 0 radical (unpaired) electrons. The van der Waals surface area contributed by atoms with Gasteiger partial charge in [0.2, 0.25) is 0 Å². The molecule has 0 saturated carbocycles. The molecule has 2 aliphatic heterocycles. The minimum Gasteiger partial charge on any atom is -0.490 e. The second kappa shape index (κ2) is 9.63. The molecule has 1 N–H and O–H groups in total. The van der Waals surface area contributed by atoms with E-state index in [1.807, 2.05) is 36.8 Å². The van der Waals surface area contributed by atoms with Crippen molar-refractivity contribution in [3.05, 3.63) is 66.4 Å². The Morgan fingerprint density at radius 3 is 2.81 bits per heavy atom. The summed E-state index contributed by atoms with van der Waals surface area (Å²) in [6, 6.07) is 14.1. The third-order valence-corrected chi connectivity index (χ3v) is 7.43. The maximum absolute atomic E-state index is 7.35. The van der Waals surface area contributed by atoms with Crippen molar-refractivity contribution in [3.63, 3.8) is 0 Å². The summed E-state index contributed by atoms with van der Waals surface area (Å²) >= 11 is 0. The summed E-state index contributed by atoms with van der Waals surface area (Å²) in [5, 5.41) is 3.51. The van der Waals surface area contributed by atoms with Crippen LogP contribution < -0.4 is 15.0 Å². The summed E-state index contributed by atoms with van der Waals surface area (Å²) in [7, 11) is 2.09. The van der Waals surface area contributed by atoms with Gasteiger partial charge in [0.1, 0.15) is 17.9 Å². The van der Waals surface area contributed by atoms with Gasteiger partial charge in [0, 0.05) is 24.7 Å². The number of imidazole rings is 1. The average molecular weight is 479 g/mol. The predicted molar refractivity (Wildman–Crippen MR) is 144 cm³/mol. The molecule has 4 aromatic rings. The molecule has 1 atom stereocenters. The lowest BCUT2D eigenvalue weighted by atomic mass is 9.97. The van der Waals surface area contributed by atoms with Crippen LogP contribution in [0.5, 0.6) is 5.75 Å². The number of hydrogen-bond acceptors (Lipinski definition) is 5. The largest absolute Gasteiger partial charge is 0.490 e. The van der Waals surface area contributed by atoms with Crippen molar-refractivity contribution in [3.8, 4) is 28.1 Å². The van der Waals surface area contributed by atoms with Gasteiger partial charge in [-0.05, 0) is 56.0 Å². The molecule has 0 bridgehead atoms. The minimum absolute atomic E-state index is 0.623. The number of hydrogen-bond donors (Lipinski definition) is 1. The number of nitrogens with zero attached hydrogens (tertiary/aromatic N) is 5. The Morgan fingerprint density at radius 1 is 1.08 bits per heavy atom. The number of nitrogens with one attached hydrogen (secondary N) is 1. The number of ether oxygens (including phenoxy) is 1. The first kappa shape index (κ1) is 22.6. The molecule has 4 heterocycles. The molecule has 2 aromatic carbocycles. The van der Waals surface area contributed by atoms with E-state index in [1.165, 1.54) is 19.3 Å². The van der Waals surface area contributed by atoms with Crippen LogP contribution in [0.25, 0.3) is 38.3 Å². The molecule has 2 aliphatic rings. The van der Waals surface area contributed by atoms with Gasteiger partial charge in [-0.3, -0.25) is 4.98 Å². The molecule has 1 fully saturated rings. The van der Waals surface area contributed by atoms with Crippen LogP contribution in [0, 0.1) is 12.5 Å². The van der Waals surface area contributed by atoms with Gasteiger partial charge in [-0.2, -0.15) is 0 Å². The molecule has 0 amide bonds. The summed E-state index contributed by atoms with van der Waals surface area (Å²) in [5.74, 6) is 1.51. The van der Waals surface area contributed by atoms with E-state index in [-0.39, 0.29) is 0 Å². The van der Waals surface area contributed by atoms with Gasteiger partial charge in [-0.1, -0.05) is 30.3 Å². The van der Waals surface area contributed by atoms with E-state index in [4.69, 9.17) is 21.3 Å². The van der Waals surface area contributed by atoms with Crippen molar-refractivity contribution in [2.75, 3.05) is 38.2 Å². The summed E-state index contributed by atoms with van der Waals surface area (Å²) in [4.78, 5) is 15.7. The maximum Gasteiger partial charge on any atom is 0.187 e. The number of rotatable bonds is 4. The lowest BCUT2D eigenvalue weighted by molar-refractivity contribution is 0.311. The molecule has 0 aliphatic carbocycles. The van der Waals surface area contributed by atoms with Crippen molar-refractivity contribution in [2.45, 2.75) is 25.8 Å². The van der Waals surface area contributed by atoms with Crippen LogP contribution in [0.4, 0.5) is 11.4 Å². The lowest BCUT2D eigenvalue weighted by Crippen LogP contribution is -2.28. The van der Waals surface area contributed by atoms with E-state index in [0.29, 0.717) is 18.2 Å². The van der Waals surface area contributed by atoms with Gasteiger partial charge in [0.05, 0.1) is 42.5 Å². The third kappa shape index (κ3) is 4.18. The normalized spacial score (nSPS) is 17.8. The number of anilines is 1. The van der Waals surface area contributed by atoms with Crippen LogP contribution >= 0.6 is 0 Å². The van der Waals surface area contributed by atoms with Crippen molar-refractivity contribution >= 4 is 22.4 Å². The SMILES string of the molecule is [C-]#[N+]c1ccc(-c2c(-c3ccc4c(c3)OCCN4C)ncc3c2ncn3CC2CCCNCC2)cc1.